The molecule has 0 aliphatic carbocycles. The first-order chi connectivity index (χ1) is 16.5. The number of nitrogens with zero attached hydrogens (tertiary/aromatic N) is 2. The van der Waals surface area contributed by atoms with Crippen molar-refractivity contribution in [2.24, 2.45) is 0 Å². The first-order valence-corrected chi connectivity index (χ1v) is 12.1. The number of aryl methyl sites for hydroxylation is 1. The molecule has 2 aromatic carbocycles. The number of allylic oxidation sites excluding steroid dienone is 1. The van der Waals surface area contributed by atoms with Crippen LogP contribution in [0.3, 0.4) is 0 Å². The lowest BCUT2D eigenvalue weighted by atomic mass is 10.1. The average molecular weight is 477 g/mol. The van der Waals surface area contributed by atoms with Gasteiger partial charge in [0.1, 0.15) is 11.2 Å². The number of amides is 1. The van der Waals surface area contributed by atoms with Crippen molar-refractivity contribution in [1.29, 1.82) is 0 Å². The summed E-state index contributed by atoms with van der Waals surface area (Å²) in [5.41, 5.74) is 3.93. The van der Waals surface area contributed by atoms with Crippen LogP contribution in [0.5, 0.6) is 0 Å². The third kappa shape index (κ3) is 5.72. The Bertz CT molecular complexity index is 1180. The van der Waals surface area contributed by atoms with Crippen LogP contribution in [0, 0.1) is 12.7 Å². The number of halogens is 1. The number of hydrogen-bond donors (Lipinski definition) is 0. The molecule has 0 bridgehead atoms. The standard InChI is InChI=1S/C27H25FN2O3S/c1-19-17-22(27(32)33-16-4-2-3-5-20-12-14-29-15-13-20)8-11-24(19)30-25(31)18-34-26(30)21-6-9-23(28)10-7-21/h3,5-15,17,26H,2,4,16,18H2,1H3. The molecule has 3 aromatic rings. The van der Waals surface area contributed by atoms with E-state index in [4.69, 9.17) is 4.74 Å². The lowest BCUT2D eigenvalue weighted by molar-refractivity contribution is -0.115. The molecular formula is C27H25FN2O3S. The summed E-state index contributed by atoms with van der Waals surface area (Å²) < 4.78 is 18.8. The minimum absolute atomic E-state index is 0.0161. The van der Waals surface area contributed by atoms with Gasteiger partial charge in [-0.3, -0.25) is 14.7 Å². The maximum atomic E-state index is 13.3. The number of esters is 1. The van der Waals surface area contributed by atoms with Gasteiger partial charge in [0.15, 0.2) is 0 Å². The molecule has 0 N–H and O–H groups in total. The molecule has 1 atom stereocenters. The zero-order valence-electron chi connectivity index (χ0n) is 18.8. The predicted molar refractivity (Wildman–Crippen MR) is 133 cm³/mol. The molecule has 1 amide bonds. The lowest BCUT2D eigenvalue weighted by Gasteiger charge is -2.26. The van der Waals surface area contributed by atoms with Gasteiger partial charge in [-0.25, -0.2) is 9.18 Å². The summed E-state index contributed by atoms with van der Waals surface area (Å²) in [7, 11) is 0. The van der Waals surface area contributed by atoms with Gasteiger partial charge in [0, 0.05) is 18.1 Å². The third-order valence-corrected chi connectivity index (χ3v) is 6.69. The molecular weight excluding hydrogens is 451 g/mol. The fourth-order valence-electron chi connectivity index (χ4n) is 3.75. The molecule has 0 saturated carbocycles. The topological polar surface area (TPSA) is 59.5 Å². The Labute approximate surface area is 202 Å². The number of aromatic nitrogens is 1. The van der Waals surface area contributed by atoms with Crippen LogP contribution in [-0.4, -0.2) is 29.2 Å². The molecule has 1 unspecified atom stereocenters. The van der Waals surface area contributed by atoms with Gasteiger partial charge in [0.05, 0.1) is 17.9 Å². The Kier molecular flexibility index (Phi) is 7.75. The van der Waals surface area contributed by atoms with Crippen LogP contribution in [0.15, 0.2) is 73.1 Å². The Morgan fingerprint density at radius 2 is 1.94 bits per heavy atom. The molecule has 0 radical (unpaired) electrons. The molecule has 1 aliphatic rings. The summed E-state index contributed by atoms with van der Waals surface area (Å²) in [4.78, 5) is 30.8. The molecule has 1 aromatic heterocycles. The quantitative estimate of drug-likeness (QED) is 0.297. The van der Waals surface area contributed by atoms with Crippen LogP contribution in [0.2, 0.25) is 0 Å². The highest BCUT2D eigenvalue weighted by Crippen LogP contribution is 2.42. The highest BCUT2D eigenvalue weighted by Gasteiger charge is 2.35. The summed E-state index contributed by atoms with van der Waals surface area (Å²) >= 11 is 1.50. The molecule has 0 spiro atoms. The molecule has 2 heterocycles. The highest BCUT2D eigenvalue weighted by atomic mass is 32.2. The van der Waals surface area contributed by atoms with Gasteiger partial charge in [-0.05, 0) is 78.9 Å². The molecule has 4 rings (SSSR count). The van der Waals surface area contributed by atoms with Crippen molar-refractivity contribution in [2.45, 2.75) is 25.1 Å². The van der Waals surface area contributed by atoms with Gasteiger partial charge in [0.2, 0.25) is 5.91 Å². The molecule has 5 nitrogen and oxygen atoms in total. The summed E-state index contributed by atoms with van der Waals surface area (Å²) in [6.07, 6.45) is 9.08. The number of carbonyl (C=O) groups excluding carboxylic acids is 2. The van der Waals surface area contributed by atoms with E-state index in [-0.39, 0.29) is 23.1 Å². The molecule has 34 heavy (non-hydrogen) atoms. The van der Waals surface area contributed by atoms with E-state index in [1.165, 1.54) is 23.9 Å². The van der Waals surface area contributed by atoms with E-state index < -0.39 is 0 Å². The second-order valence-electron chi connectivity index (χ2n) is 7.94. The van der Waals surface area contributed by atoms with E-state index in [1.54, 1.807) is 47.6 Å². The first-order valence-electron chi connectivity index (χ1n) is 11.1. The lowest BCUT2D eigenvalue weighted by Crippen LogP contribution is -2.28. The fourth-order valence-corrected chi connectivity index (χ4v) is 4.92. The predicted octanol–water partition coefficient (Wildman–Crippen LogP) is 5.96. The van der Waals surface area contributed by atoms with Crippen molar-refractivity contribution in [3.8, 4) is 0 Å². The van der Waals surface area contributed by atoms with Gasteiger partial charge in [-0.15, -0.1) is 11.8 Å². The Balaban J connectivity index is 1.35. The smallest absolute Gasteiger partial charge is 0.338 e. The largest absolute Gasteiger partial charge is 0.462 e. The van der Waals surface area contributed by atoms with E-state index in [1.807, 2.05) is 31.2 Å². The first kappa shape index (κ1) is 23.7. The number of unbranched alkanes of at least 4 members (excludes halogenated alkanes) is 1. The van der Waals surface area contributed by atoms with Gasteiger partial charge in [0.25, 0.3) is 0 Å². The fraction of sp³-hybridized carbons (Fsp3) is 0.222. The monoisotopic (exact) mass is 476 g/mol. The summed E-state index contributed by atoms with van der Waals surface area (Å²) in [6, 6.07) is 15.3. The van der Waals surface area contributed by atoms with Crippen molar-refractivity contribution >= 4 is 35.4 Å². The van der Waals surface area contributed by atoms with Crippen LogP contribution in [0.1, 0.15) is 45.3 Å². The van der Waals surface area contributed by atoms with E-state index in [9.17, 15) is 14.0 Å². The maximum absolute atomic E-state index is 13.3. The van der Waals surface area contributed by atoms with Crippen molar-refractivity contribution in [2.75, 3.05) is 17.3 Å². The average Bonchev–Trinajstić information content (AvgIpc) is 3.23. The number of benzene rings is 2. The van der Waals surface area contributed by atoms with Crippen LogP contribution >= 0.6 is 11.8 Å². The second kappa shape index (κ2) is 11.1. The zero-order chi connectivity index (χ0) is 23.9. The number of anilines is 1. The van der Waals surface area contributed by atoms with Gasteiger partial charge in [-0.2, -0.15) is 0 Å². The Morgan fingerprint density at radius 1 is 1.18 bits per heavy atom. The van der Waals surface area contributed by atoms with E-state index >= 15 is 0 Å². The van der Waals surface area contributed by atoms with E-state index in [0.29, 0.717) is 17.9 Å². The minimum atomic E-state index is -0.384. The zero-order valence-corrected chi connectivity index (χ0v) is 19.6. The number of pyridine rings is 1. The van der Waals surface area contributed by atoms with Crippen LogP contribution in [0.25, 0.3) is 6.08 Å². The van der Waals surface area contributed by atoms with Crippen molar-refractivity contribution in [1.82, 2.24) is 4.98 Å². The van der Waals surface area contributed by atoms with Crippen molar-refractivity contribution in [3.05, 3.63) is 101 Å². The van der Waals surface area contributed by atoms with Crippen LogP contribution in [-0.2, 0) is 9.53 Å². The van der Waals surface area contributed by atoms with Crippen LogP contribution < -0.4 is 4.90 Å². The number of thioether (sulfide) groups is 1. The SMILES string of the molecule is Cc1cc(C(=O)OCCCC=Cc2ccncc2)ccc1N1C(=O)CSC1c1ccc(F)cc1. The molecule has 1 saturated heterocycles. The number of rotatable bonds is 8. The summed E-state index contributed by atoms with van der Waals surface area (Å²) in [5, 5.41) is -0.232. The third-order valence-electron chi connectivity index (χ3n) is 5.48. The number of hydrogen-bond acceptors (Lipinski definition) is 5. The normalized spacial score (nSPS) is 15.8. The molecule has 1 fully saturated rings. The van der Waals surface area contributed by atoms with E-state index in [2.05, 4.69) is 4.98 Å². The Hall–Kier alpha value is -3.45. The molecule has 7 heteroatoms. The minimum Gasteiger partial charge on any atom is -0.462 e. The van der Waals surface area contributed by atoms with Gasteiger partial charge < -0.3 is 4.74 Å². The second-order valence-corrected chi connectivity index (χ2v) is 9.01. The summed E-state index contributed by atoms with van der Waals surface area (Å²) in [5.74, 6) is -0.364. The number of carbonyl (C=O) groups is 2. The maximum Gasteiger partial charge on any atom is 0.338 e. The van der Waals surface area contributed by atoms with Crippen molar-refractivity contribution in [3.63, 3.8) is 0 Å². The van der Waals surface area contributed by atoms with E-state index in [0.717, 1.165) is 35.2 Å². The van der Waals surface area contributed by atoms with Gasteiger partial charge in [-0.1, -0.05) is 24.3 Å². The van der Waals surface area contributed by atoms with Gasteiger partial charge >= 0.3 is 5.97 Å². The van der Waals surface area contributed by atoms with Crippen molar-refractivity contribution < 1.29 is 18.7 Å². The Morgan fingerprint density at radius 3 is 2.68 bits per heavy atom. The number of ether oxygens (including phenoxy) is 1. The highest BCUT2D eigenvalue weighted by molar-refractivity contribution is 8.00. The summed E-state index contributed by atoms with van der Waals surface area (Å²) in [6.45, 7) is 2.20. The molecule has 174 valence electrons. The van der Waals surface area contributed by atoms with Crippen LogP contribution in [0.4, 0.5) is 10.1 Å². The molecule has 1 aliphatic heterocycles.